The number of ether oxygens (including phenoxy) is 1. The Morgan fingerprint density at radius 2 is 2.10 bits per heavy atom. The zero-order valence-electron chi connectivity index (χ0n) is 11.7. The predicted octanol–water partition coefficient (Wildman–Crippen LogP) is 1.90. The summed E-state index contributed by atoms with van der Waals surface area (Å²) in [5.74, 6) is 1.45. The normalized spacial score (nSPS) is 10.9. The molecule has 0 aliphatic rings. The number of H-pyrrole nitrogens is 1. The lowest BCUT2D eigenvalue weighted by molar-refractivity contribution is 0.299. The standard InChI is InChI=1S/C15H16N4O2/c1-11-17-14-13(15(20)18-11)10-16-19(14)8-5-9-21-12-6-3-2-4-7-12/h2-4,6-7,10H,5,8-9H2,1H3,(H,17,18,20). The molecule has 0 saturated heterocycles. The highest BCUT2D eigenvalue weighted by Crippen LogP contribution is 2.10. The second-order valence-electron chi connectivity index (χ2n) is 4.77. The average Bonchev–Trinajstić information content (AvgIpc) is 2.88. The number of aryl methyl sites for hydroxylation is 2. The Bertz CT molecular complexity index is 792. The van der Waals surface area contributed by atoms with Gasteiger partial charge in [-0.25, -0.2) is 9.67 Å². The van der Waals surface area contributed by atoms with Crippen LogP contribution in [0.1, 0.15) is 12.2 Å². The van der Waals surface area contributed by atoms with E-state index in [-0.39, 0.29) is 5.56 Å². The number of fused-ring (bicyclic) bond motifs is 1. The summed E-state index contributed by atoms with van der Waals surface area (Å²) in [6.45, 7) is 3.01. The number of hydrogen-bond donors (Lipinski definition) is 1. The minimum Gasteiger partial charge on any atom is -0.494 e. The Morgan fingerprint density at radius 3 is 2.90 bits per heavy atom. The van der Waals surface area contributed by atoms with Crippen LogP contribution < -0.4 is 10.3 Å². The van der Waals surface area contributed by atoms with Gasteiger partial charge in [-0.1, -0.05) is 18.2 Å². The van der Waals surface area contributed by atoms with E-state index in [4.69, 9.17) is 4.74 Å². The topological polar surface area (TPSA) is 72.8 Å². The molecule has 0 aliphatic carbocycles. The molecule has 0 saturated carbocycles. The van der Waals surface area contributed by atoms with E-state index in [0.717, 1.165) is 12.2 Å². The van der Waals surface area contributed by atoms with Crippen molar-refractivity contribution in [3.05, 3.63) is 52.7 Å². The highest BCUT2D eigenvalue weighted by Gasteiger charge is 2.08. The molecule has 3 aromatic rings. The maximum atomic E-state index is 11.8. The Labute approximate surface area is 121 Å². The van der Waals surface area contributed by atoms with Crippen molar-refractivity contribution in [1.29, 1.82) is 0 Å². The van der Waals surface area contributed by atoms with Gasteiger partial charge in [-0.15, -0.1) is 0 Å². The van der Waals surface area contributed by atoms with Gasteiger partial charge in [0.25, 0.3) is 5.56 Å². The van der Waals surface area contributed by atoms with E-state index in [0.29, 0.717) is 30.0 Å². The van der Waals surface area contributed by atoms with E-state index in [1.54, 1.807) is 17.8 Å². The molecule has 0 bridgehead atoms. The largest absolute Gasteiger partial charge is 0.494 e. The van der Waals surface area contributed by atoms with Crippen LogP contribution in [0.15, 0.2) is 41.3 Å². The van der Waals surface area contributed by atoms with E-state index in [1.165, 1.54) is 0 Å². The summed E-state index contributed by atoms with van der Waals surface area (Å²) >= 11 is 0. The number of para-hydroxylation sites is 1. The molecule has 2 heterocycles. The fourth-order valence-electron chi connectivity index (χ4n) is 2.16. The van der Waals surface area contributed by atoms with Gasteiger partial charge in [-0.3, -0.25) is 4.79 Å². The molecule has 108 valence electrons. The van der Waals surface area contributed by atoms with Crippen molar-refractivity contribution in [1.82, 2.24) is 19.7 Å². The van der Waals surface area contributed by atoms with Crippen LogP contribution in [0.2, 0.25) is 0 Å². The third-order valence-corrected chi connectivity index (χ3v) is 3.15. The zero-order chi connectivity index (χ0) is 14.7. The highest BCUT2D eigenvalue weighted by molar-refractivity contribution is 5.72. The predicted molar refractivity (Wildman–Crippen MR) is 79.4 cm³/mol. The van der Waals surface area contributed by atoms with E-state index in [1.807, 2.05) is 30.3 Å². The van der Waals surface area contributed by atoms with Crippen LogP contribution in [0.4, 0.5) is 0 Å². The fourth-order valence-corrected chi connectivity index (χ4v) is 2.16. The molecular formula is C15H16N4O2. The van der Waals surface area contributed by atoms with Crippen LogP contribution in [0.25, 0.3) is 11.0 Å². The number of rotatable bonds is 5. The third-order valence-electron chi connectivity index (χ3n) is 3.15. The summed E-state index contributed by atoms with van der Waals surface area (Å²) in [6.07, 6.45) is 2.35. The van der Waals surface area contributed by atoms with Gasteiger partial charge in [-0.05, 0) is 19.1 Å². The summed E-state index contributed by atoms with van der Waals surface area (Å²) in [5.41, 5.74) is 0.472. The quantitative estimate of drug-likeness (QED) is 0.726. The lowest BCUT2D eigenvalue weighted by Gasteiger charge is -2.06. The van der Waals surface area contributed by atoms with Crippen molar-refractivity contribution in [2.24, 2.45) is 0 Å². The zero-order valence-corrected chi connectivity index (χ0v) is 11.7. The Morgan fingerprint density at radius 1 is 1.29 bits per heavy atom. The first-order valence-corrected chi connectivity index (χ1v) is 6.84. The number of nitrogens with zero attached hydrogens (tertiary/aromatic N) is 3. The number of aromatic amines is 1. The molecule has 1 N–H and O–H groups in total. The van der Waals surface area contributed by atoms with Crippen molar-refractivity contribution >= 4 is 11.0 Å². The second kappa shape index (κ2) is 5.78. The lowest BCUT2D eigenvalue weighted by Crippen LogP contribution is -2.11. The maximum absolute atomic E-state index is 11.8. The van der Waals surface area contributed by atoms with Crippen LogP contribution in [0, 0.1) is 6.92 Å². The van der Waals surface area contributed by atoms with Crippen LogP contribution >= 0.6 is 0 Å². The molecule has 6 nitrogen and oxygen atoms in total. The summed E-state index contributed by atoms with van der Waals surface area (Å²) in [4.78, 5) is 18.8. The van der Waals surface area contributed by atoms with Crippen LogP contribution in [-0.4, -0.2) is 26.4 Å². The second-order valence-corrected chi connectivity index (χ2v) is 4.77. The summed E-state index contributed by atoms with van der Waals surface area (Å²) in [5, 5.41) is 4.74. The van der Waals surface area contributed by atoms with E-state index in [9.17, 15) is 4.79 Å². The minimum atomic E-state index is -0.149. The Balaban J connectivity index is 1.65. The smallest absolute Gasteiger partial charge is 0.262 e. The van der Waals surface area contributed by atoms with Crippen LogP contribution in [0.5, 0.6) is 5.75 Å². The molecule has 1 aromatic carbocycles. The molecule has 0 aliphatic heterocycles. The van der Waals surface area contributed by atoms with Crippen LogP contribution in [0.3, 0.4) is 0 Å². The average molecular weight is 284 g/mol. The first-order valence-electron chi connectivity index (χ1n) is 6.84. The molecule has 0 amide bonds. The molecule has 6 heteroatoms. The minimum absolute atomic E-state index is 0.149. The number of benzene rings is 1. The molecule has 0 fully saturated rings. The first kappa shape index (κ1) is 13.4. The SMILES string of the molecule is Cc1nc2c(cnn2CCCOc2ccccc2)c(=O)[nH]1. The fraction of sp³-hybridized carbons (Fsp3) is 0.267. The van der Waals surface area contributed by atoms with Crippen LogP contribution in [-0.2, 0) is 6.54 Å². The van der Waals surface area contributed by atoms with Gasteiger partial charge in [0.2, 0.25) is 0 Å². The molecule has 2 aromatic heterocycles. The van der Waals surface area contributed by atoms with E-state index in [2.05, 4.69) is 15.1 Å². The van der Waals surface area contributed by atoms with Gasteiger partial charge in [0.1, 0.15) is 17.0 Å². The van der Waals surface area contributed by atoms with Crippen molar-refractivity contribution in [2.75, 3.05) is 6.61 Å². The molecule has 0 atom stereocenters. The van der Waals surface area contributed by atoms with Crippen molar-refractivity contribution in [2.45, 2.75) is 19.9 Å². The van der Waals surface area contributed by atoms with Gasteiger partial charge < -0.3 is 9.72 Å². The number of nitrogens with one attached hydrogen (secondary N) is 1. The summed E-state index contributed by atoms with van der Waals surface area (Å²) in [7, 11) is 0. The number of aromatic nitrogens is 4. The van der Waals surface area contributed by atoms with E-state index >= 15 is 0 Å². The van der Waals surface area contributed by atoms with E-state index < -0.39 is 0 Å². The van der Waals surface area contributed by atoms with Gasteiger partial charge in [0, 0.05) is 13.0 Å². The monoisotopic (exact) mass is 284 g/mol. The van der Waals surface area contributed by atoms with Gasteiger partial charge in [0.05, 0.1) is 12.8 Å². The molecule has 0 radical (unpaired) electrons. The third kappa shape index (κ3) is 2.94. The lowest BCUT2D eigenvalue weighted by atomic mass is 10.3. The van der Waals surface area contributed by atoms with Gasteiger partial charge in [0.15, 0.2) is 5.65 Å². The number of hydrogen-bond acceptors (Lipinski definition) is 4. The summed E-state index contributed by atoms with van der Waals surface area (Å²) < 4.78 is 7.38. The molecule has 0 unspecified atom stereocenters. The summed E-state index contributed by atoms with van der Waals surface area (Å²) in [6, 6.07) is 9.68. The van der Waals surface area contributed by atoms with Gasteiger partial charge in [-0.2, -0.15) is 5.10 Å². The first-order chi connectivity index (χ1) is 10.2. The molecule has 3 rings (SSSR count). The van der Waals surface area contributed by atoms with Crippen molar-refractivity contribution < 1.29 is 4.74 Å². The Kier molecular flexibility index (Phi) is 3.68. The van der Waals surface area contributed by atoms with Crippen molar-refractivity contribution in [3.63, 3.8) is 0 Å². The van der Waals surface area contributed by atoms with Crippen molar-refractivity contribution in [3.8, 4) is 5.75 Å². The molecule has 21 heavy (non-hydrogen) atoms. The highest BCUT2D eigenvalue weighted by atomic mass is 16.5. The maximum Gasteiger partial charge on any atom is 0.262 e. The molecule has 0 spiro atoms. The van der Waals surface area contributed by atoms with Gasteiger partial charge >= 0.3 is 0 Å². The Hall–Kier alpha value is -2.63. The molecular weight excluding hydrogens is 268 g/mol.